The highest BCUT2D eigenvalue weighted by Crippen LogP contribution is 2.48. The van der Waals surface area contributed by atoms with Crippen molar-refractivity contribution in [3.63, 3.8) is 0 Å². The number of amides is 1. The molecule has 5 nitrogen and oxygen atoms in total. The Kier molecular flexibility index (Phi) is 5.06. The maximum Gasteiger partial charge on any atom is 0.242 e. The molecule has 1 aliphatic heterocycles. The third kappa shape index (κ3) is 3.62. The highest BCUT2D eigenvalue weighted by molar-refractivity contribution is 8.00. The number of hydrogen-bond acceptors (Lipinski definition) is 5. The number of nitrogens with one attached hydrogen (secondary N) is 1. The quantitative estimate of drug-likeness (QED) is 0.421. The van der Waals surface area contributed by atoms with E-state index >= 15 is 0 Å². The van der Waals surface area contributed by atoms with E-state index < -0.39 is 0 Å². The molecular weight excluding hydrogens is 412 g/mol. The maximum absolute atomic E-state index is 13.2. The summed E-state index contributed by atoms with van der Waals surface area (Å²) in [7, 11) is 0. The topological polar surface area (TPSA) is 61.9 Å². The molecule has 0 unspecified atom stereocenters. The Hall–Kier alpha value is -3.03. The van der Waals surface area contributed by atoms with Gasteiger partial charge < -0.3 is 0 Å². The Labute approximate surface area is 182 Å². The molecule has 3 aromatic carbocycles. The minimum Gasteiger partial charge on any atom is -0.278 e. The third-order valence-corrected chi connectivity index (χ3v) is 6.73. The molecule has 148 valence electrons. The first-order chi connectivity index (χ1) is 14.7. The fourth-order valence-corrected chi connectivity index (χ4v) is 5.10. The molecule has 0 saturated carbocycles. The second-order valence-electron chi connectivity index (χ2n) is 6.89. The predicted molar refractivity (Wildman–Crippen MR) is 121 cm³/mol. The highest BCUT2D eigenvalue weighted by Gasteiger charge is 2.28. The van der Waals surface area contributed by atoms with Crippen LogP contribution in [0.3, 0.4) is 0 Å². The van der Waals surface area contributed by atoms with Gasteiger partial charge in [0.15, 0.2) is 5.82 Å². The largest absolute Gasteiger partial charge is 0.278 e. The molecular formula is C23H18N4OS2. The summed E-state index contributed by atoms with van der Waals surface area (Å²) in [5.74, 6) is 0.958. The Morgan fingerprint density at radius 1 is 1.00 bits per heavy atom. The third-order valence-electron chi connectivity index (χ3n) is 4.76. The lowest BCUT2D eigenvalue weighted by Gasteiger charge is -2.30. The van der Waals surface area contributed by atoms with Crippen LogP contribution in [-0.4, -0.2) is 26.8 Å². The van der Waals surface area contributed by atoms with E-state index in [0.29, 0.717) is 11.0 Å². The van der Waals surface area contributed by atoms with E-state index in [1.807, 2.05) is 78.6 Å². The lowest BCUT2D eigenvalue weighted by molar-refractivity contribution is -0.115. The smallest absolute Gasteiger partial charge is 0.242 e. The fourth-order valence-electron chi connectivity index (χ4n) is 3.40. The fraction of sp³-hybridized carbons (Fsp3) is 0.0870. The van der Waals surface area contributed by atoms with Gasteiger partial charge in [-0.05, 0) is 37.3 Å². The Morgan fingerprint density at radius 3 is 2.40 bits per heavy atom. The van der Waals surface area contributed by atoms with Crippen molar-refractivity contribution < 1.29 is 4.79 Å². The van der Waals surface area contributed by atoms with Gasteiger partial charge in [-0.3, -0.25) is 14.8 Å². The molecule has 1 aliphatic rings. The number of nitrogens with zero attached hydrogens (tertiary/aromatic N) is 3. The Balaban J connectivity index is 1.37. The minimum atomic E-state index is 0.00195. The van der Waals surface area contributed by atoms with E-state index in [4.69, 9.17) is 0 Å². The molecule has 0 fully saturated rings. The van der Waals surface area contributed by atoms with Crippen LogP contribution in [0, 0.1) is 6.92 Å². The monoisotopic (exact) mass is 430 g/mol. The molecule has 0 radical (unpaired) electrons. The number of benzene rings is 3. The molecule has 2 heterocycles. The first-order valence-electron chi connectivity index (χ1n) is 9.50. The molecule has 1 amide bonds. The van der Waals surface area contributed by atoms with Crippen LogP contribution in [-0.2, 0) is 4.79 Å². The van der Waals surface area contributed by atoms with Crippen molar-refractivity contribution in [2.24, 2.45) is 0 Å². The van der Waals surface area contributed by atoms with E-state index in [1.54, 1.807) is 11.8 Å². The van der Waals surface area contributed by atoms with Crippen molar-refractivity contribution in [2.75, 3.05) is 10.7 Å². The average Bonchev–Trinajstić information content (AvgIpc) is 3.25. The summed E-state index contributed by atoms with van der Waals surface area (Å²) in [5.41, 5.74) is 3.98. The van der Waals surface area contributed by atoms with Crippen LogP contribution in [0.15, 0.2) is 87.7 Å². The zero-order valence-corrected chi connectivity index (χ0v) is 17.8. The van der Waals surface area contributed by atoms with Crippen molar-refractivity contribution in [3.8, 4) is 11.4 Å². The van der Waals surface area contributed by atoms with Crippen LogP contribution in [0.1, 0.15) is 5.56 Å². The van der Waals surface area contributed by atoms with Gasteiger partial charge >= 0.3 is 0 Å². The van der Waals surface area contributed by atoms with Crippen molar-refractivity contribution in [2.45, 2.75) is 21.9 Å². The average molecular weight is 431 g/mol. The molecule has 0 aliphatic carbocycles. The normalized spacial score (nSPS) is 12.4. The zero-order valence-electron chi connectivity index (χ0n) is 16.2. The standard InChI is InChI=1S/C23H18N4OS2/c1-15-7-6-8-16(13-15)22-24-23(26-25-22)29-14-21(28)27-17-9-2-4-11-19(17)30-20-12-5-3-10-18(20)27/h2-13H,14H2,1H3,(H,24,25,26). The second kappa shape index (κ2) is 8.01. The van der Waals surface area contributed by atoms with Crippen molar-refractivity contribution in [1.29, 1.82) is 0 Å². The van der Waals surface area contributed by atoms with E-state index in [1.165, 1.54) is 11.8 Å². The molecule has 0 atom stereocenters. The Morgan fingerprint density at radius 2 is 1.70 bits per heavy atom. The summed E-state index contributed by atoms with van der Waals surface area (Å²) in [6.45, 7) is 2.04. The van der Waals surface area contributed by atoms with Crippen LogP contribution in [0.25, 0.3) is 11.4 Å². The van der Waals surface area contributed by atoms with Gasteiger partial charge in [0, 0.05) is 15.4 Å². The summed E-state index contributed by atoms with van der Waals surface area (Å²) in [5, 5.41) is 7.82. The van der Waals surface area contributed by atoms with E-state index in [-0.39, 0.29) is 11.7 Å². The summed E-state index contributed by atoms with van der Waals surface area (Å²) in [6.07, 6.45) is 0. The molecule has 30 heavy (non-hydrogen) atoms. The maximum atomic E-state index is 13.2. The number of anilines is 2. The van der Waals surface area contributed by atoms with Gasteiger partial charge in [0.25, 0.3) is 0 Å². The van der Waals surface area contributed by atoms with Gasteiger partial charge in [-0.1, -0.05) is 71.6 Å². The summed E-state index contributed by atoms with van der Waals surface area (Å²) in [6, 6.07) is 24.1. The van der Waals surface area contributed by atoms with Crippen LogP contribution >= 0.6 is 23.5 Å². The summed E-state index contributed by atoms with van der Waals surface area (Å²) in [4.78, 5) is 21.8. The summed E-state index contributed by atoms with van der Waals surface area (Å²) >= 11 is 3.03. The number of thioether (sulfide) groups is 1. The van der Waals surface area contributed by atoms with Crippen LogP contribution < -0.4 is 4.90 Å². The number of rotatable bonds is 4. The molecule has 0 bridgehead atoms. The molecule has 0 spiro atoms. The van der Waals surface area contributed by atoms with Crippen molar-refractivity contribution in [3.05, 3.63) is 78.4 Å². The minimum absolute atomic E-state index is 0.00195. The number of carbonyl (C=O) groups excluding carboxylic acids is 1. The number of carbonyl (C=O) groups is 1. The van der Waals surface area contributed by atoms with Gasteiger partial charge in [-0.15, -0.1) is 5.10 Å². The Bertz CT molecular complexity index is 1190. The number of H-pyrrole nitrogens is 1. The second-order valence-corrected chi connectivity index (χ2v) is 8.92. The molecule has 4 aromatic rings. The SMILES string of the molecule is Cc1cccc(-c2nc(SCC(=O)N3c4ccccc4Sc4ccccc43)n[nH]2)c1. The van der Waals surface area contributed by atoms with E-state index in [9.17, 15) is 4.79 Å². The molecule has 1 aromatic heterocycles. The first-order valence-corrected chi connectivity index (χ1v) is 11.3. The molecule has 0 saturated heterocycles. The number of hydrogen-bond donors (Lipinski definition) is 1. The predicted octanol–water partition coefficient (Wildman–Crippen LogP) is 5.70. The number of aromatic nitrogens is 3. The van der Waals surface area contributed by atoms with Crippen LogP contribution in [0.4, 0.5) is 11.4 Å². The number of para-hydroxylation sites is 2. The van der Waals surface area contributed by atoms with Gasteiger partial charge in [0.2, 0.25) is 11.1 Å². The van der Waals surface area contributed by atoms with Gasteiger partial charge in [-0.25, -0.2) is 4.98 Å². The first kappa shape index (κ1) is 19.0. The van der Waals surface area contributed by atoms with Gasteiger partial charge in [0.05, 0.1) is 17.1 Å². The van der Waals surface area contributed by atoms with Crippen molar-refractivity contribution in [1.82, 2.24) is 15.2 Å². The molecule has 1 N–H and O–H groups in total. The van der Waals surface area contributed by atoms with Crippen LogP contribution in [0.5, 0.6) is 0 Å². The van der Waals surface area contributed by atoms with Crippen molar-refractivity contribution >= 4 is 40.8 Å². The van der Waals surface area contributed by atoms with Gasteiger partial charge in [-0.2, -0.15) is 0 Å². The number of fused-ring (bicyclic) bond motifs is 2. The van der Waals surface area contributed by atoms with Crippen LogP contribution in [0.2, 0.25) is 0 Å². The van der Waals surface area contributed by atoms with E-state index in [0.717, 1.165) is 32.3 Å². The number of aryl methyl sites for hydroxylation is 1. The highest BCUT2D eigenvalue weighted by atomic mass is 32.2. The zero-order chi connectivity index (χ0) is 20.5. The van der Waals surface area contributed by atoms with Gasteiger partial charge in [0.1, 0.15) is 0 Å². The molecule has 5 rings (SSSR count). The summed E-state index contributed by atoms with van der Waals surface area (Å²) < 4.78 is 0. The lowest BCUT2D eigenvalue weighted by atomic mass is 10.1. The van der Waals surface area contributed by atoms with E-state index in [2.05, 4.69) is 21.2 Å². The number of aromatic amines is 1. The lowest BCUT2D eigenvalue weighted by Crippen LogP contribution is -2.30. The molecule has 7 heteroatoms.